The molecule has 0 aliphatic rings. The molecule has 2 amide bonds. The maximum atomic E-state index is 13.0. The molecule has 0 fully saturated rings. The van der Waals surface area contributed by atoms with Crippen LogP contribution in [0.4, 0.5) is 10.1 Å². The molecule has 1 aromatic heterocycles. The number of thioether (sulfide) groups is 1. The first-order valence-corrected chi connectivity index (χ1v) is 11.0. The van der Waals surface area contributed by atoms with Gasteiger partial charge in [-0.2, -0.15) is 0 Å². The van der Waals surface area contributed by atoms with Crippen LogP contribution in [0.2, 0.25) is 0 Å². The Morgan fingerprint density at radius 2 is 1.84 bits per heavy atom. The van der Waals surface area contributed by atoms with Crippen molar-refractivity contribution >= 4 is 29.3 Å². The number of anilines is 1. The van der Waals surface area contributed by atoms with Crippen LogP contribution in [0, 0.1) is 12.7 Å². The lowest BCUT2D eigenvalue weighted by molar-refractivity contribution is -0.113. The second-order valence-corrected chi connectivity index (χ2v) is 8.09. The van der Waals surface area contributed by atoms with Gasteiger partial charge in [0.15, 0.2) is 11.0 Å². The summed E-state index contributed by atoms with van der Waals surface area (Å²) in [5.41, 5.74) is 2.15. The minimum Gasteiger partial charge on any atom is -0.342 e. The van der Waals surface area contributed by atoms with Crippen LogP contribution < -0.4 is 10.6 Å². The Balaban J connectivity index is 1.65. The Labute approximate surface area is 190 Å². The molecule has 3 rings (SSSR count). The van der Waals surface area contributed by atoms with E-state index in [1.54, 1.807) is 18.2 Å². The number of nitrogens with zero attached hydrogens (tertiary/aromatic N) is 3. The molecule has 0 aliphatic heterocycles. The molecule has 32 heavy (non-hydrogen) atoms. The van der Waals surface area contributed by atoms with Gasteiger partial charge in [-0.15, -0.1) is 16.8 Å². The largest absolute Gasteiger partial charge is 0.342 e. The molecular formula is C23H24FN5O2S. The third-order valence-electron chi connectivity index (χ3n) is 4.57. The number of aryl methyl sites for hydroxylation is 1. The van der Waals surface area contributed by atoms with E-state index in [1.165, 1.54) is 36.0 Å². The molecule has 2 N–H and O–H groups in total. The number of hydrogen-bond donors (Lipinski definition) is 2. The normalized spacial score (nSPS) is 11.6. The number of amides is 2. The lowest BCUT2D eigenvalue weighted by Gasteiger charge is -2.15. The Bertz CT molecular complexity index is 1100. The van der Waals surface area contributed by atoms with Gasteiger partial charge in [0.05, 0.1) is 11.8 Å². The summed E-state index contributed by atoms with van der Waals surface area (Å²) in [5, 5.41) is 14.6. The maximum absolute atomic E-state index is 13.0. The first kappa shape index (κ1) is 23.2. The average Bonchev–Trinajstić information content (AvgIpc) is 3.17. The van der Waals surface area contributed by atoms with Crippen molar-refractivity contribution in [3.63, 3.8) is 0 Å². The predicted octanol–water partition coefficient (Wildman–Crippen LogP) is 4.13. The Hall–Kier alpha value is -3.46. The van der Waals surface area contributed by atoms with Gasteiger partial charge in [-0.1, -0.05) is 35.5 Å². The van der Waals surface area contributed by atoms with Crippen molar-refractivity contribution in [1.29, 1.82) is 0 Å². The molecule has 9 heteroatoms. The summed E-state index contributed by atoms with van der Waals surface area (Å²) >= 11 is 1.22. The number of aromatic nitrogens is 3. The lowest BCUT2D eigenvalue weighted by Crippen LogP contribution is -2.28. The zero-order valence-corrected chi connectivity index (χ0v) is 18.7. The van der Waals surface area contributed by atoms with Crippen LogP contribution in [0.25, 0.3) is 0 Å². The standard InChI is InChI=1S/C23H24FN5O2S/c1-4-13-29-21(16(3)25-22(31)17-7-5-15(2)6-8-17)27-28-23(29)32-14-20(30)26-19-11-9-18(24)10-12-19/h4-12,16H,1,13-14H2,2-3H3,(H,25,31)(H,26,30)/t16-/m1/s1. The number of hydrogen-bond acceptors (Lipinski definition) is 5. The number of allylic oxidation sites excluding steroid dienone is 1. The number of rotatable bonds is 9. The summed E-state index contributed by atoms with van der Waals surface area (Å²) in [6, 6.07) is 12.4. The molecule has 0 unspecified atom stereocenters. The Morgan fingerprint density at radius 3 is 2.50 bits per heavy atom. The van der Waals surface area contributed by atoms with Crippen molar-refractivity contribution in [2.24, 2.45) is 0 Å². The molecule has 0 spiro atoms. The van der Waals surface area contributed by atoms with Gasteiger partial charge in [-0.05, 0) is 50.2 Å². The second-order valence-electron chi connectivity index (χ2n) is 7.14. The average molecular weight is 454 g/mol. The van der Waals surface area contributed by atoms with Crippen molar-refractivity contribution in [3.05, 3.63) is 84.0 Å². The van der Waals surface area contributed by atoms with Crippen molar-refractivity contribution in [1.82, 2.24) is 20.1 Å². The number of carbonyl (C=O) groups excluding carboxylic acids is 2. The van der Waals surface area contributed by atoms with E-state index in [9.17, 15) is 14.0 Å². The van der Waals surface area contributed by atoms with Crippen LogP contribution in [0.5, 0.6) is 0 Å². The fourth-order valence-corrected chi connectivity index (χ4v) is 3.69. The molecule has 0 radical (unpaired) electrons. The minimum absolute atomic E-state index is 0.0940. The number of carbonyl (C=O) groups is 2. The van der Waals surface area contributed by atoms with Gasteiger partial charge >= 0.3 is 0 Å². The predicted molar refractivity (Wildman–Crippen MR) is 123 cm³/mol. The van der Waals surface area contributed by atoms with Gasteiger partial charge in [-0.25, -0.2) is 4.39 Å². The van der Waals surface area contributed by atoms with Gasteiger partial charge in [0.25, 0.3) is 5.91 Å². The zero-order chi connectivity index (χ0) is 23.1. The highest BCUT2D eigenvalue weighted by Gasteiger charge is 2.20. The molecule has 1 heterocycles. The molecule has 2 aromatic carbocycles. The maximum Gasteiger partial charge on any atom is 0.251 e. The monoisotopic (exact) mass is 453 g/mol. The van der Waals surface area contributed by atoms with Crippen molar-refractivity contribution in [2.75, 3.05) is 11.1 Å². The lowest BCUT2D eigenvalue weighted by atomic mass is 10.1. The topological polar surface area (TPSA) is 88.9 Å². The first-order valence-electron chi connectivity index (χ1n) is 9.97. The number of halogens is 1. The summed E-state index contributed by atoms with van der Waals surface area (Å²) in [4.78, 5) is 24.8. The summed E-state index contributed by atoms with van der Waals surface area (Å²) in [6.07, 6.45) is 1.70. The van der Waals surface area contributed by atoms with Crippen molar-refractivity contribution < 1.29 is 14.0 Å². The smallest absolute Gasteiger partial charge is 0.251 e. The molecule has 7 nitrogen and oxygen atoms in total. The molecule has 0 saturated heterocycles. The molecule has 0 aliphatic carbocycles. The van der Waals surface area contributed by atoms with E-state index >= 15 is 0 Å². The summed E-state index contributed by atoms with van der Waals surface area (Å²) in [7, 11) is 0. The van der Waals surface area contributed by atoms with Gasteiger partial charge in [-0.3, -0.25) is 9.59 Å². The van der Waals surface area contributed by atoms with Gasteiger partial charge in [0, 0.05) is 17.8 Å². The van der Waals surface area contributed by atoms with Crippen molar-refractivity contribution in [3.8, 4) is 0 Å². The van der Waals surface area contributed by atoms with Gasteiger partial charge in [0.2, 0.25) is 5.91 Å². The summed E-state index contributed by atoms with van der Waals surface area (Å²) in [6.45, 7) is 7.98. The molecule has 0 saturated carbocycles. The SMILES string of the molecule is C=CCn1c(SCC(=O)Nc2ccc(F)cc2)nnc1[C@@H](C)NC(=O)c1ccc(C)cc1. The highest BCUT2D eigenvalue weighted by atomic mass is 32.2. The fraction of sp³-hybridized carbons (Fsp3) is 0.217. The molecular weight excluding hydrogens is 429 g/mol. The Kier molecular flexibility index (Phi) is 7.77. The third-order valence-corrected chi connectivity index (χ3v) is 5.53. The highest BCUT2D eigenvalue weighted by Crippen LogP contribution is 2.21. The van der Waals surface area contributed by atoms with Crippen molar-refractivity contribution in [2.45, 2.75) is 31.6 Å². The number of benzene rings is 2. The molecule has 0 bridgehead atoms. The van der Waals surface area contributed by atoms with Crippen LogP contribution in [-0.2, 0) is 11.3 Å². The zero-order valence-electron chi connectivity index (χ0n) is 17.8. The van der Waals surface area contributed by atoms with Crippen LogP contribution in [0.15, 0.2) is 66.3 Å². The van der Waals surface area contributed by atoms with E-state index in [1.807, 2.05) is 30.5 Å². The molecule has 166 valence electrons. The van der Waals surface area contributed by atoms with E-state index in [4.69, 9.17) is 0 Å². The van der Waals surface area contributed by atoms with Gasteiger partial charge in [0.1, 0.15) is 5.82 Å². The van der Waals surface area contributed by atoms with Crippen LogP contribution in [0.1, 0.15) is 34.7 Å². The number of nitrogens with one attached hydrogen (secondary N) is 2. The first-order chi connectivity index (χ1) is 15.4. The van der Waals surface area contributed by atoms with Crippen LogP contribution in [0.3, 0.4) is 0 Å². The van der Waals surface area contributed by atoms with Crippen LogP contribution in [-0.4, -0.2) is 32.3 Å². The minimum atomic E-state index is -0.404. The summed E-state index contributed by atoms with van der Waals surface area (Å²) in [5.74, 6) is -0.176. The molecule has 3 aromatic rings. The van der Waals surface area contributed by atoms with E-state index in [2.05, 4.69) is 27.4 Å². The second kappa shape index (κ2) is 10.7. The quantitative estimate of drug-likeness (QED) is 0.376. The van der Waals surface area contributed by atoms with E-state index in [-0.39, 0.29) is 23.4 Å². The summed E-state index contributed by atoms with van der Waals surface area (Å²) < 4.78 is 14.8. The van der Waals surface area contributed by atoms with Crippen LogP contribution >= 0.6 is 11.8 Å². The van der Waals surface area contributed by atoms with E-state index in [0.717, 1.165) is 5.56 Å². The highest BCUT2D eigenvalue weighted by molar-refractivity contribution is 7.99. The van der Waals surface area contributed by atoms with Gasteiger partial charge < -0.3 is 15.2 Å². The van der Waals surface area contributed by atoms with E-state index in [0.29, 0.717) is 28.8 Å². The van der Waals surface area contributed by atoms with E-state index < -0.39 is 6.04 Å². The molecule has 1 atom stereocenters. The Morgan fingerprint density at radius 1 is 1.16 bits per heavy atom. The third kappa shape index (κ3) is 6.04. The fourth-order valence-electron chi connectivity index (χ4n) is 2.94.